The zero-order chi connectivity index (χ0) is 15.9. The Labute approximate surface area is 128 Å². The van der Waals surface area contributed by atoms with Gasteiger partial charge in [0, 0.05) is 6.54 Å². The predicted molar refractivity (Wildman–Crippen MR) is 82.6 cm³/mol. The van der Waals surface area contributed by atoms with E-state index in [-0.39, 0.29) is 11.9 Å². The summed E-state index contributed by atoms with van der Waals surface area (Å²) in [6, 6.07) is -0.575. The monoisotopic (exact) mass is 298 g/mol. The van der Waals surface area contributed by atoms with Crippen LogP contribution < -0.4 is 11.1 Å². The SMILES string of the molecule is COC(=O)[C@H](CC(C)C)NC(=O)C1(CN)CCCCCC1. The third kappa shape index (κ3) is 4.99. The maximum absolute atomic E-state index is 12.7. The lowest BCUT2D eigenvalue weighted by atomic mass is 9.79. The van der Waals surface area contributed by atoms with Crippen LogP contribution in [0.15, 0.2) is 0 Å². The molecule has 0 unspecified atom stereocenters. The third-order valence-electron chi connectivity index (χ3n) is 4.43. The lowest BCUT2D eigenvalue weighted by molar-refractivity contribution is -0.147. The number of nitrogens with two attached hydrogens (primary N) is 1. The van der Waals surface area contributed by atoms with Crippen molar-refractivity contribution in [3.8, 4) is 0 Å². The van der Waals surface area contributed by atoms with Crippen LogP contribution >= 0.6 is 0 Å². The highest BCUT2D eigenvalue weighted by Gasteiger charge is 2.39. The average Bonchev–Trinajstić information content (AvgIpc) is 2.71. The fourth-order valence-electron chi connectivity index (χ4n) is 3.07. The third-order valence-corrected chi connectivity index (χ3v) is 4.43. The van der Waals surface area contributed by atoms with Crippen molar-refractivity contribution in [2.24, 2.45) is 17.1 Å². The molecule has 0 bridgehead atoms. The Hall–Kier alpha value is -1.10. The van der Waals surface area contributed by atoms with Crippen molar-refractivity contribution in [2.45, 2.75) is 64.8 Å². The molecule has 0 aliphatic heterocycles. The van der Waals surface area contributed by atoms with Crippen LogP contribution in [-0.2, 0) is 14.3 Å². The van der Waals surface area contributed by atoms with Crippen LogP contribution in [0.4, 0.5) is 0 Å². The quantitative estimate of drug-likeness (QED) is 0.580. The molecule has 5 nitrogen and oxygen atoms in total. The van der Waals surface area contributed by atoms with E-state index >= 15 is 0 Å². The smallest absolute Gasteiger partial charge is 0.328 e. The standard InChI is InChI=1S/C16H30N2O3/c1-12(2)10-13(14(19)21-3)18-15(20)16(11-17)8-6-4-5-7-9-16/h12-13H,4-11,17H2,1-3H3,(H,18,20)/t13-/m0/s1. The number of amides is 1. The van der Waals surface area contributed by atoms with Gasteiger partial charge < -0.3 is 15.8 Å². The van der Waals surface area contributed by atoms with Crippen molar-refractivity contribution in [1.82, 2.24) is 5.32 Å². The van der Waals surface area contributed by atoms with Gasteiger partial charge in [0.2, 0.25) is 5.91 Å². The van der Waals surface area contributed by atoms with Gasteiger partial charge in [-0.1, -0.05) is 39.5 Å². The fourth-order valence-corrected chi connectivity index (χ4v) is 3.07. The summed E-state index contributed by atoms with van der Waals surface area (Å²) in [5, 5.41) is 2.89. The van der Waals surface area contributed by atoms with Gasteiger partial charge >= 0.3 is 5.97 Å². The van der Waals surface area contributed by atoms with Gasteiger partial charge in [-0.15, -0.1) is 0 Å². The second-order valence-electron chi connectivity index (χ2n) is 6.58. The van der Waals surface area contributed by atoms with Gasteiger partial charge in [-0.3, -0.25) is 4.79 Å². The molecule has 1 amide bonds. The normalized spacial score (nSPS) is 19.7. The largest absolute Gasteiger partial charge is 0.467 e. The second kappa shape index (κ2) is 8.37. The van der Waals surface area contributed by atoms with Crippen LogP contribution in [0.5, 0.6) is 0 Å². The number of rotatable bonds is 6. The summed E-state index contributed by atoms with van der Waals surface area (Å²) in [6.07, 6.45) is 6.56. The van der Waals surface area contributed by atoms with E-state index in [0.29, 0.717) is 18.9 Å². The Morgan fingerprint density at radius 2 is 1.76 bits per heavy atom. The van der Waals surface area contributed by atoms with Crippen LogP contribution in [0.1, 0.15) is 58.8 Å². The molecule has 21 heavy (non-hydrogen) atoms. The van der Waals surface area contributed by atoms with E-state index in [2.05, 4.69) is 5.32 Å². The van der Waals surface area contributed by atoms with Gasteiger partial charge in [-0.05, 0) is 25.2 Å². The van der Waals surface area contributed by atoms with Crippen molar-refractivity contribution < 1.29 is 14.3 Å². The number of ether oxygens (including phenoxy) is 1. The highest BCUT2D eigenvalue weighted by molar-refractivity contribution is 5.88. The van der Waals surface area contributed by atoms with E-state index in [9.17, 15) is 9.59 Å². The van der Waals surface area contributed by atoms with Gasteiger partial charge in [-0.25, -0.2) is 4.79 Å². The number of nitrogens with one attached hydrogen (secondary N) is 1. The van der Waals surface area contributed by atoms with E-state index in [4.69, 9.17) is 10.5 Å². The number of carbonyl (C=O) groups excluding carboxylic acids is 2. The van der Waals surface area contributed by atoms with Crippen LogP contribution in [0.2, 0.25) is 0 Å². The van der Waals surface area contributed by atoms with Gasteiger partial charge in [-0.2, -0.15) is 0 Å². The van der Waals surface area contributed by atoms with E-state index in [1.807, 2.05) is 13.8 Å². The molecule has 1 aliphatic rings. The van der Waals surface area contributed by atoms with Crippen molar-refractivity contribution in [3.63, 3.8) is 0 Å². The first-order valence-corrected chi connectivity index (χ1v) is 8.04. The Morgan fingerprint density at radius 1 is 1.19 bits per heavy atom. The maximum atomic E-state index is 12.7. The lowest BCUT2D eigenvalue weighted by Crippen LogP contribution is -2.52. The number of esters is 1. The van der Waals surface area contributed by atoms with E-state index < -0.39 is 11.5 Å². The van der Waals surface area contributed by atoms with Crippen molar-refractivity contribution in [1.29, 1.82) is 0 Å². The highest BCUT2D eigenvalue weighted by atomic mass is 16.5. The maximum Gasteiger partial charge on any atom is 0.328 e. The molecule has 122 valence electrons. The first kappa shape index (κ1) is 18.0. The minimum absolute atomic E-state index is 0.0806. The summed E-state index contributed by atoms with van der Waals surface area (Å²) in [6.45, 7) is 4.38. The van der Waals surface area contributed by atoms with E-state index in [1.165, 1.54) is 7.11 Å². The topological polar surface area (TPSA) is 81.4 Å². The first-order valence-electron chi connectivity index (χ1n) is 8.04. The molecule has 5 heteroatoms. The van der Waals surface area contributed by atoms with E-state index in [1.54, 1.807) is 0 Å². The molecule has 1 atom stereocenters. The minimum atomic E-state index is -0.575. The van der Waals surface area contributed by atoms with Gasteiger partial charge in [0.25, 0.3) is 0 Å². The van der Waals surface area contributed by atoms with Gasteiger partial charge in [0.1, 0.15) is 6.04 Å². The minimum Gasteiger partial charge on any atom is -0.467 e. The van der Waals surface area contributed by atoms with Gasteiger partial charge in [0.15, 0.2) is 0 Å². The predicted octanol–water partition coefficient (Wildman–Crippen LogP) is 1.99. The Bertz CT molecular complexity index is 347. The van der Waals surface area contributed by atoms with E-state index in [0.717, 1.165) is 38.5 Å². The molecule has 1 saturated carbocycles. The van der Waals surface area contributed by atoms with Crippen LogP contribution in [0.3, 0.4) is 0 Å². The lowest BCUT2D eigenvalue weighted by Gasteiger charge is -2.32. The summed E-state index contributed by atoms with van der Waals surface area (Å²) >= 11 is 0. The molecule has 3 N–H and O–H groups in total. The number of methoxy groups -OCH3 is 1. The Balaban J connectivity index is 2.79. The molecule has 1 aliphatic carbocycles. The summed E-state index contributed by atoms with van der Waals surface area (Å²) in [4.78, 5) is 24.6. The number of hydrogen-bond acceptors (Lipinski definition) is 4. The molecule has 0 heterocycles. The molecule has 0 radical (unpaired) electrons. The molecule has 0 aromatic carbocycles. The number of carbonyl (C=O) groups is 2. The summed E-state index contributed by atoms with van der Waals surface area (Å²) in [7, 11) is 1.35. The molecule has 0 saturated heterocycles. The molecule has 0 aromatic heterocycles. The molecule has 1 fully saturated rings. The van der Waals surface area contributed by atoms with Crippen molar-refractivity contribution in [3.05, 3.63) is 0 Å². The Morgan fingerprint density at radius 3 is 2.19 bits per heavy atom. The zero-order valence-corrected chi connectivity index (χ0v) is 13.6. The van der Waals surface area contributed by atoms with Gasteiger partial charge in [0.05, 0.1) is 12.5 Å². The zero-order valence-electron chi connectivity index (χ0n) is 13.6. The van der Waals surface area contributed by atoms with Crippen LogP contribution in [0.25, 0.3) is 0 Å². The summed E-state index contributed by atoms with van der Waals surface area (Å²) in [5.74, 6) is -0.154. The number of hydrogen-bond donors (Lipinski definition) is 2. The fraction of sp³-hybridized carbons (Fsp3) is 0.875. The van der Waals surface area contributed by atoms with Crippen molar-refractivity contribution in [2.75, 3.05) is 13.7 Å². The first-order chi connectivity index (χ1) is 9.95. The summed E-state index contributed by atoms with van der Waals surface area (Å²) < 4.78 is 4.81. The average molecular weight is 298 g/mol. The highest BCUT2D eigenvalue weighted by Crippen LogP contribution is 2.34. The molecule has 1 rings (SSSR count). The molecular formula is C16H30N2O3. The molecule has 0 aromatic rings. The van der Waals surface area contributed by atoms with Crippen molar-refractivity contribution >= 4 is 11.9 Å². The van der Waals surface area contributed by atoms with Crippen LogP contribution in [0, 0.1) is 11.3 Å². The molecular weight excluding hydrogens is 268 g/mol. The molecule has 0 spiro atoms. The Kier molecular flexibility index (Phi) is 7.15. The summed E-state index contributed by atoms with van der Waals surface area (Å²) in [5.41, 5.74) is 5.40. The second-order valence-corrected chi connectivity index (χ2v) is 6.58. The van der Waals surface area contributed by atoms with Crippen LogP contribution in [-0.4, -0.2) is 31.6 Å².